The third kappa shape index (κ3) is 5.72. The highest BCUT2D eigenvalue weighted by Gasteiger charge is 2.49. The van der Waals surface area contributed by atoms with Gasteiger partial charge in [-0.25, -0.2) is 0 Å². The molecule has 6 nitrogen and oxygen atoms in total. The average Bonchev–Trinajstić information content (AvgIpc) is 2.52. The van der Waals surface area contributed by atoms with Crippen LogP contribution in [0.2, 0.25) is 0 Å². The van der Waals surface area contributed by atoms with Crippen molar-refractivity contribution in [3.63, 3.8) is 0 Å². The number of aliphatic hydroxyl groups excluding tert-OH is 5. The molecule has 23 heavy (non-hydrogen) atoms. The topological polar surface area (TPSA) is 110 Å². The van der Waals surface area contributed by atoms with Crippen LogP contribution in [0, 0.1) is 0 Å². The maximum absolute atomic E-state index is 13.0. The lowest BCUT2D eigenvalue weighted by Gasteiger charge is -2.32. The number of halogens is 3. The van der Waals surface area contributed by atoms with Crippen LogP contribution < -0.4 is 0 Å². The van der Waals surface area contributed by atoms with Crippen LogP contribution in [0.4, 0.5) is 13.2 Å². The molecule has 1 aromatic rings. The first kappa shape index (κ1) is 19.8. The second-order valence-electron chi connectivity index (χ2n) is 4.98. The molecule has 0 aromatic heterocycles. The molecule has 1 rings (SSSR count). The van der Waals surface area contributed by atoms with Crippen molar-refractivity contribution >= 4 is 0 Å². The number of benzene rings is 1. The molecule has 5 unspecified atom stereocenters. The highest BCUT2D eigenvalue weighted by atomic mass is 19.4. The Hall–Kier alpha value is -1.23. The third-order valence-corrected chi connectivity index (χ3v) is 3.19. The normalized spacial score (nSPS) is 19.0. The molecule has 5 atom stereocenters. The van der Waals surface area contributed by atoms with Crippen LogP contribution >= 0.6 is 0 Å². The van der Waals surface area contributed by atoms with E-state index in [1.54, 1.807) is 18.2 Å². The van der Waals surface area contributed by atoms with E-state index in [9.17, 15) is 28.5 Å². The summed E-state index contributed by atoms with van der Waals surface area (Å²) < 4.78 is 43.6. The molecule has 132 valence electrons. The monoisotopic (exact) mass is 340 g/mol. The standard InChI is InChI=1S/C14H19F3O6/c15-14(16,17)13(23-7-8-4-2-1-3-5-8)12(22)11(21)10(20)9(19)6-18/h1-5,9-13,18-22H,6-7H2. The highest BCUT2D eigenvalue weighted by molar-refractivity contribution is 5.13. The second kappa shape index (κ2) is 8.57. The van der Waals surface area contributed by atoms with Gasteiger partial charge in [-0.15, -0.1) is 0 Å². The minimum absolute atomic E-state index is 0.416. The van der Waals surface area contributed by atoms with Crippen LogP contribution in [-0.4, -0.2) is 68.8 Å². The molecule has 0 heterocycles. The van der Waals surface area contributed by atoms with Crippen molar-refractivity contribution < 1.29 is 43.4 Å². The SMILES string of the molecule is OCC(O)C(O)C(O)C(O)C(OCc1ccccc1)C(F)(F)F. The average molecular weight is 340 g/mol. The fourth-order valence-corrected chi connectivity index (χ4v) is 1.86. The molecule has 0 saturated carbocycles. The minimum atomic E-state index is -5.01. The van der Waals surface area contributed by atoms with Crippen molar-refractivity contribution in [3.05, 3.63) is 35.9 Å². The number of rotatable bonds is 8. The molecule has 0 aliphatic heterocycles. The Balaban J connectivity index is 2.80. The smallest absolute Gasteiger partial charge is 0.394 e. The van der Waals surface area contributed by atoms with Gasteiger partial charge in [0.15, 0.2) is 6.10 Å². The van der Waals surface area contributed by atoms with Crippen molar-refractivity contribution in [1.29, 1.82) is 0 Å². The summed E-state index contributed by atoms with van der Waals surface area (Å²) in [6, 6.07) is 7.87. The lowest BCUT2D eigenvalue weighted by atomic mass is 9.99. The van der Waals surface area contributed by atoms with Crippen molar-refractivity contribution in [2.24, 2.45) is 0 Å². The summed E-state index contributed by atoms with van der Waals surface area (Å²) in [4.78, 5) is 0. The van der Waals surface area contributed by atoms with Crippen LogP contribution in [0.25, 0.3) is 0 Å². The van der Waals surface area contributed by atoms with E-state index >= 15 is 0 Å². The summed E-state index contributed by atoms with van der Waals surface area (Å²) in [5.74, 6) is 0. The number of aliphatic hydroxyl groups is 5. The molecular weight excluding hydrogens is 321 g/mol. The largest absolute Gasteiger partial charge is 0.417 e. The van der Waals surface area contributed by atoms with Gasteiger partial charge in [0.2, 0.25) is 0 Å². The first-order chi connectivity index (χ1) is 10.7. The van der Waals surface area contributed by atoms with Gasteiger partial charge < -0.3 is 30.3 Å². The van der Waals surface area contributed by atoms with E-state index in [1.807, 2.05) is 0 Å². The van der Waals surface area contributed by atoms with Crippen molar-refractivity contribution in [1.82, 2.24) is 0 Å². The summed E-state index contributed by atoms with van der Waals surface area (Å²) in [5.41, 5.74) is 0.416. The number of ether oxygens (including phenoxy) is 1. The third-order valence-electron chi connectivity index (χ3n) is 3.19. The van der Waals surface area contributed by atoms with E-state index in [4.69, 9.17) is 10.2 Å². The van der Waals surface area contributed by atoms with Gasteiger partial charge >= 0.3 is 6.18 Å². The number of alkyl halides is 3. The molecule has 0 radical (unpaired) electrons. The molecular formula is C14H19F3O6. The lowest BCUT2D eigenvalue weighted by molar-refractivity contribution is -0.268. The van der Waals surface area contributed by atoms with E-state index < -0.39 is 49.9 Å². The molecule has 0 fully saturated rings. The zero-order chi connectivity index (χ0) is 17.6. The number of hydrogen-bond donors (Lipinski definition) is 5. The molecule has 0 spiro atoms. The summed E-state index contributed by atoms with van der Waals surface area (Å²) in [5, 5.41) is 46.4. The van der Waals surface area contributed by atoms with E-state index in [0.717, 1.165) is 0 Å². The summed E-state index contributed by atoms with van der Waals surface area (Å²) >= 11 is 0. The maximum atomic E-state index is 13.0. The number of hydrogen-bond acceptors (Lipinski definition) is 6. The first-order valence-corrected chi connectivity index (χ1v) is 6.73. The minimum Gasteiger partial charge on any atom is -0.394 e. The van der Waals surface area contributed by atoms with Crippen LogP contribution in [0.5, 0.6) is 0 Å². The fraction of sp³-hybridized carbons (Fsp3) is 0.571. The summed E-state index contributed by atoms with van der Waals surface area (Å²) in [6.45, 7) is -1.47. The van der Waals surface area contributed by atoms with E-state index in [0.29, 0.717) is 5.56 Å². The quantitative estimate of drug-likeness (QED) is 0.439. The molecule has 0 aliphatic carbocycles. The molecule has 5 N–H and O–H groups in total. The van der Waals surface area contributed by atoms with Gasteiger partial charge in [0.05, 0.1) is 13.2 Å². The zero-order valence-corrected chi connectivity index (χ0v) is 12.0. The predicted octanol–water partition coefficient (Wildman–Crippen LogP) is -0.430. The van der Waals surface area contributed by atoms with Gasteiger partial charge in [0.1, 0.15) is 24.4 Å². The van der Waals surface area contributed by atoms with Gasteiger partial charge in [-0.1, -0.05) is 30.3 Å². The summed E-state index contributed by atoms with van der Waals surface area (Å²) in [6.07, 6.45) is -16.8. The van der Waals surface area contributed by atoms with Gasteiger partial charge in [-0.05, 0) is 5.56 Å². The van der Waals surface area contributed by atoms with Gasteiger partial charge in [-0.2, -0.15) is 13.2 Å². The van der Waals surface area contributed by atoms with Crippen LogP contribution in [0.15, 0.2) is 30.3 Å². The molecule has 0 amide bonds. The Morgan fingerprint density at radius 2 is 1.48 bits per heavy atom. The van der Waals surface area contributed by atoms with Crippen molar-refractivity contribution in [3.8, 4) is 0 Å². The molecule has 0 aliphatic rings. The first-order valence-electron chi connectivity index (χ1n) is 6.73. The second-order valence-corrected chi connectivity index (χ2v) is 4.98. The highest BCUT2D eigenvalue weighted by Crippen LogP contribution is 2.28. The van der Waals surface area contributed by atoms with E-state index in [-0.39, 0.29) is 0 Å². The van der Waals surface area contributed by atoms with E-state index in [1.165, 1.54) is 12.1 Å². The fourth-order valence-electron chi connectivity index (χ4n) is 1.86. The Bertz CT molecular complexity index is 456. The van der Waals surface area contributed by atoms with E-state index in [2.05, 4.69) is 4.74 Å². The Kier molecular flexibility index (Phi) is 7.39. The van der Waals surface area contributed by atoms with Crippen molar-refractivity contribution in [2.75, 3.05) is 6.61 Å². The zero-order valence-electron chi connectivity index (χ0n) is 12.0. The molecule has 1 aromatic carbocycles. The lowest BCUT2D eigenvalue weighted by Crippen LogP contribution is -2.54. The Morgan fingerprint density at radius 1 is 0.913 bits per heavy atom. The van der Waals surface area contributed by atoms with Crippen LogP contribution in [0.3, 0.4) is 0 Å². The van der Waals surface area contributed by atoms with Crippen LogP contribution in [0.1, 0.15) is 5.56 Å². The molecule has 0 bridgehead atoms. The summed E-state index contributed by atoms with van der Waals surface area (Å²) in [7, 11) is 0. The molecule has 0 saturated heterocycles. The Labute approximate surface area is 130 Å². The van der Waals surface area contributed by atoms with Gasteiger partial charge in [0.25, 0.3) is 0 Å². The molecule has 9 heteroatoms. The van der Waals surface area contributed by atoms with Gasteiger partial charge in [0, 0.05) is 0 Å². The van der Waals surface area contributed by atoms with Gasteiger partial charge in [-0.3, -0.25) is 0 Å². The van der Waals surface area contributed by atoms with Crippen molar-refractivity contribution in [2.45, 2.75) is 43.3 Å². The Morgan fingerprint density at radius 3 is 1.96 bits per heavy atom. The predicted molar refractivity (Wildman–Crippen MR) is 72.2 cm³/mol. The van der Waals surface area contributed by atoms with Crippen LogP contribution in [-0.2, 0) is 11.3 Å². The maximum Gasteiger partial charge on any atom is 0.417 e.